The van der Waals surface area contributed by atoms with Crippen molar-refractivity contribution < 1.29 is 42.6 Å². The topological polar surface area (TPSA) is 176 Å². The number of carbonyl (C=O) groups excluding carboxylic acids is 5. The number of likely N-dealkylation sites (tertiary alicyclic amines) is 3. The molecule has 1 aromatic heterocycles. The number of urea groups is 1. The summed E-state index contributed by atoms with van der Waals surface area (Å²) in [5.74, 6) is -1.44. The van der Waals surface area contributed by atoms with E-state index in [0.717, 1.165) is 62.0 Å². The van der Waals surface area contributed by atoms with Crippen LogP contribution in [-0.2, 0) is 48.5 Å². The molecule has 2 aromatic carbocycles. The van der Waals surface area contributed by atoms with Gasteiger partial charge in [0.25, 0.3) is 5.91 Å². The summed E-state index contributed by atoms with van der Waals surface area (Å²) in [6, 6.07) is 11.3. The van der Waals surface area contributed by atoms with Gasteiger partial charge >= 0.3 is 29.8 Å². The lowest BCUT2D eigenvalue weighted by molar-refractivity contribution is -0.161. The second-order valence-electron chi connectivity index (χ2n) is 17.4. The Bertz CT molecular complexity index is 2180. The maximum Gasteiger partial charge on any atom is 0.419 e. The zero-order valence-corrected chi connectivity index (χ0v) is 35.9. The van der Waals surface area contributed by atoms with Gasteiger partial charge < -0.3 is 43.5 Å². The number of amides is 5. The van der Waals surface area contributed by atoms with Gasteiger partial charge in [0.1, 0.15) is 6.61 Å². The van der Waals surface area contributed by atoms with Gasteiger partial charge in [-0.05, 0) is 92.5 Å². The van der Waals surface area contributed by atoms with Gasteiger partial charge in [0.05, 0.1) is 18.7 Å². The number of aryl methyl sites for hydroxylation is 2. The Balaban J connectivity index is 0.857. The predicted molar refractivity (Wildman–Crippen MR) is 227 cm³/mol. The molecule has 0 spiro atoms. The van der Waals surface area contributed by atoms with Crippen LogP contribution in [0.4, 0.5) is 15.3 Å². The van der Waals surface area contributed by atoms with Crippen LogP contribution in [0.3, 0.4) is 0 Å². The number of hydrogen-bond acceptors (Lipinski definition) is 11. The van der Waals surface area contributed by atoms with Crippen LogP contribution >= 0.6 is 0 Å². The van der Waals surface area contributed by atoms with Crippen LogP contribution in [0.5, 0.6) is 0 Å². The molecule has 6 heterocycles. The van der Waals surface area contributed by atoms with E-state index >= 15 is 0 Å². The molecule has 0 radical (unpaired) electrons. The third-order valence-corrected chi connectivity index (χ3v) is 13.6. The first-order valence-corrected chi connectivity index (χ1v) is 22.3. The molecule has 334 valence electrons. The molecule has 1 atom stereocenters. The van der Waals surface area contributed by atoms with Gasteiger partial charge in [-0.25, -0.2) is 19.2 Å². The van der Waals surface area contributed by atoms with Crippen LogP contribution in [0.1, 0.15) is 55.2 Å². The second kappa shape index (κ2) is 19.3. The van der Waals surface area contributed by atoms with E-state index in [1.165, 1.54) is 4.57 Å². The molecule has 5 aliphatic heterocycles. The maximum atomic E-state index is 14.4. The number of para-hydroxylation sites is 1. The van der Waals surface area contributed by atoms with Gasteiger partial charge in [0.15, 0.2) is 11.7 Å². The molecular weight excluding hydrogens is 799 g/mol. The molecule has 8 rings (SSSR count). The number of oxazole rings is 1. The molecule has 17 heteroatoms. The minimum atomic E-state index is -1.11. The fraction of sp³-hybridized carbons (Fsp3) is 0.600. The van der Waals surface area contributed by atoms with E-state index < -0.39 is 29.8 Å². The number of hydrogen-bond donors (Lipinski definition) is 1. The summed E-state index contributed by atoms with van der Waals surface area (Å²) >= 11 is 0. The lowest BCUT2D eigenvalue weighted by atomic mass is 9.78. The summed E-state index contributed by atoms with van der Waals surface area (Å²) in [7, 11) is 1.65. The average Bonchev–Trinajstić information content (AvgIpc) is 3.47. The molecule has 0 saturated carbocycles. The number of nitrogens with one attached hydrogen (secondary N) is 1. The number of carbonyl (C=O) groups is 5. The summed E-state index contributed by atoms with van der Waals surface area (Å²) < 4.78 is 23.7. The third-order valence-electron chi connectivity index (χ3n) is 13.6. The van der Waals surface area contributed by atoms with E-state index in [1.54, 1.807) is 27.8 Å². The molecule has 0 aliphatic carbocycles. The second-order valence-corrected chi connectivity index (χ2v) is 17.4. The van der Waals surface area contributed by atoms with Crippen LogP contribution < -0.4 is 11.1 Å². The van der Waals surface area contributed by atoms with Crippen LogP contribution in [-0.4, -0.2) is 156 Å². The monoisotopic (exact) mass is 857 g/mol. The lowest BCUT2D eigenvalue weighted by Crippen LogP contribution is -2.52. The standard InChI is InChI=1S/C45H59N7O10/c1-30-27-31(28-37-39(30)47(2)44(57)61-37)29-38(62-45(58)51-18-12-35(13-19-51)52-20-11-34-5-3-4-6-36(34)46-43(52)56)40(53)49-14-7-32(8-15-49)33-9-16-50(17-10-33)41(54)42(55)60-26-23-48-21-24-59-25-22-48/h3-6,27-28,32-33,35,38H,7-26,29H2,1-2H3,(H,46,56)/t38-/m1/s1. The normalized spacial score (nSPS) is 20.4. The largest absolute Gasteiger partial charge is 0.457 e. The average molecular weight is 858 g/mol. The fourth-order valence-electron chi connectivity index (χ4n) is 10.0. The minimum absolute atomic E-state index is 0.0395. The number of esters is 1. The first-order chi connectivity index (χ1) is 30.0. The third kappa shape index (κ3) is 9.78. The number of aromatic nitrogens is 1. The van der Waals surface area contributed by atoms with Crippen molar-refractivity contribution in [3.8, 4) is 0 Å². The molecule has 5 amide bonds. The SMILES string of the molecule is Cc1cc(C[C@@H](OC(=O)N2CCC(N3CCc4ccccc4NC3=O)CC2)C(=O)N2CCC(C3CCN(C(=O)C(=O)OCCN4CCOCC4)CC3)CC2)cc2oc(=O)n(C)c12. The van der Waals surface area contributed by atoms with Crippen molar-refractivity contribution in [2.45, 2.75) is 70.4 Å². The van der Waals surface area contributed by atoms with Gasteiger partial charge in [0.2, 0.25) is 0 Å². The number of benzene rings is 2. The zero-order chi connectivity index (χ0) is 43.3. The Morgan fingerprint density at radius 3 is 2.19 bits per heavy atom. The smallest absolute Gasteiger partial charge is 0.419 e. The summed E-state index contributed by atoms with van der Waals surface area (Å²) in [4.78, 5) is 88.3. The Labute approximate surface area is 361 Å². The van der Waals surface area contributed by atoms with Crippen LogP contribution in [0.25, 0.3) is 11.1 Å². The van der Waals surface area contributed by atoms with Crippen molar-refractivity contribution in [1.29, 1.82) is 0 Å². The highest BCUT2D eigenvalue weighted by Gasteiger charge is 2.38. The van der Waals surface area contributed by atoms with Crippen molar-refractivity contribution in [2.24, 2.45) is 18.9 Å². The molecule has 62 heavy (non-hydrogen) atoms. The maximum absolute atomic E-state index is 14.4. The number of fused-ring (bicyclic) bond motifs is 2. The molecule has 4 saturated heterocycles. The van der Waals surface area contributed by atoms with E-state index in [2.05, 4.69) is 10.2 Å². The van der Waals surface area contributed by atoms with Crippen molar-refractivity contribution in [2.75, 3.05) is 90.6 Å². The summed E-state index contributed by atoms with van der Waals surface area (Å²) in [6.45, 7) is 8.84. The highest BCUT2D eigenvalue weighted by Crippen LogP contribution is 2.33. The van der Waals surface area contributed by atoms with Crippen LogP contribution in [0.2, 0.25) is 0 Å². The van der Waals surface area contributed by atoms with E-state index in [4.69, 9.17) is 18.6 Å². The summed E-state index contributed by atoms with van der Waals surface area (Å²) in [6.07, 6.45) is 3.43. The minimum Gasteiger partial charge on any atom is -0.457 e. The first kappa shape index (κ1) is 43.2. The number of morpholine rings is 1. The Hall–Kier alpha value is -5.42. The van der Waals surface area contributed by atoms with E-state index in [9.17, 15) is 28.8 Å². The van der Waals surface area contributed by atoms with E-state index in [-0.39, 0.29) is 31.0 Å². The predicted octanol–water partition coefficient (Wildman–Crippen LogP) is 3.39. The van der Waals surface area contributed by atoms with Gasteiger partial charge in [0, 0.05) is 90.6 Å². The molecular formula is C45H59N7O10. The van der Waals surface area contributed by atoms with E-state index in [1.807, 2.05) is 42.2 Å². The van der Waals surface area contributed by atoms with Gasteiger partial charge in [-0.1, -0.05) is 24.3 Å². The van der Waals surface area contributed by atoms with Crippen LogP contribution in [0, 0.1) is 18.8 Å². The van der Waals surface area contributed by atoms with Gasteiger partial charge in [-0.2, -0.15) is 0 Å². The number of rotatable bonds is 9. The number of piperidine rings is 3. The van der Waals surface area contributed by atoms with Crippen molar-refractivity contribution in [3.63, 3.8) is 0 Å². The highest BCUT2D eigenvalue weighted by molar-refractivity contribution is 6.32. The fourth-order valence-corrected chi connectivity index (χ4v) is 10.0. The van der Waals surface area contributed by atoms with Gasteiger partial charge in [-0.15, -0.1) is 0 Å². The molecule has 17 nitrogen and oxygen atoms in total. The zero-order valence-electron chi connectivity index (χ0n) is 35.9. The first-order valence-electron chi connectivity index (χ1n) is 22.3. The highest BCUT2D eigenvalue weighted by atomic mass is 16.6. The molecule has 0 unspecified atom stereocenters. The Morgan fingerprint density at radius 2 is 1.48 bits per heavy atom. The Morgan fingerprint density at radius 1 is 0.823 bits per heavy atom. The molecule has 3 aromatic rings. The quantitative estimate of drug-likeness (QED) is 0.247. The van der Waals surface area contributed by atoms with Crippen molar-refractivity contribution in [3.05, 3.63) is 63.6 Å². The lowest BCUT2D eigenvalue weighted by Gasteiger charge is -2.41. The summed E-state index contributed by atoms with van der Waals surface area (Å²) in [5, 5.41) is 3.04. The number of nitrogens with zero attached hydrogens (tertiary/aromatic N) is 6. The molecule has 4 fully saturated rings. The number of anilines is 1. The molecule has 1 N–H and O–H groups in total. The van der Waals surface area contributed by atoms with Crippen molar-refractivity contribution >= 4 is 46.7 Å². The van der Waals surface area contributed by atoms with Crippen molar-refractivity contribution in [1.82, 2.24) is 29.1 Å². The number of ether oxygens (including phenoxy) is 3. The molecule has 5 aliphatic rings. The van der Waals surface area contributed by atoms with E-state index in [0.29, 0.717) is 107 Å². The summed E-state index contributed by atoms with van der Waals surface area (Å²) in [5.41, 5.74) is 4.51. The molecule has 0 bridgehead atoms. The van der Waals surface area contributed by atoms with Crippen LogP contribution in [0.15, 0.2) is 45.6 Å². The Kier molecular flexibility index (Phi) is 13.5. The van der Waals surface area contributed by atoms with Gasteiger partial charge in [-0.3, -0.25) is 19.1 Å².